The average molecular weight is 316 g/mol. The first-order chi connectivity index (χ1) is 10.4. The van der Waals surface area contributed by atoms with Crippen LogP contribution in [0.5, 0.6) is 0 Å². The Morgan fingerprint density at radius 1 is 1.36 bits per heavy atom. The summed E-state index contributed by atoms with van der Waals surface area (Å²) in [6.07, 6.45) is 2.86. The number of aliphatic hydroxyl groups is 1. The van der Waals surface area contributed by atoms with Crippen LogP contribution in [0.1, 0.15) is 46.6 Å². The molecule has 2 aromatic rings. The minimum absolute atomic E-state index is 0.0334. The molecular formula is C18H20O3S. The molecule has 0 amide bonds. The fourth-order valence-corrected chi connectivity index (χ4v) is 4.47. The lowest BCUT2D eigenvalue weighted by Gasteiger charge is -2.29. The number of hydrogen-bond acceptors (Lipinski definition) is 3. The van der Waals surface area contributed by atoms with Crippen molar-refractivity contribution in [3.63, 3.8) is 0 Å². The third-order valence-corrected chi connectivity index (χ3v) is 5.70. The summed E-state index contributed by atoms with van der Waals surface area (Å²) < 4.78 is 0. The molecule has 1 aliphatic rings. The molecule has 4 heteroatoms. The largest absolute Gasteiger partial charge is 0.478 e. The molecule has 3 rings (SSSR count). The lowest BCUT2D eigenvalue weighted by atomic mass is 9.76. The first-order valence-corrected chi connectivity index (χ1v) is 8.31. The van der Waals surface area contributed by atoms with Gasteiger partial charge in [0.05, 0.1) is 12.2 Å². The van der Waals surface area contributed by atoms with Crippen LogP contribution in [0.4, 0.5) is 0 Å². The summed E-state index contributed by atoms with van der Waals surface area (Å²) in [5.74, 6) is -0.848. The average Bonchev–Trinajstić information content (AvgIpc) is 2.84. The molecule has 1 heterocycles. The molecule has 1 aliphatic carbocycles. The Kier molecular flexibility index (Phi) is 3.83. The predicted molar refractivity (Wildman–Crippen MR) is 88.4 cm³/mol. The smallest absolute Gasteiger partial charge is 0.337 e. The van der Waals surface area contributed by atoms with Crippen molar-refractivity contribution in [2.24, 2.45) is 5.41 Å². The van der Waals surface area contributed by atoms with E-state index < -0.39 is 5.97 Å². The minimum Gasteiger partial charge on any atom is -0.478 e. The Bertz CT molecular complexity index is 728. The Morgan fingerprint density at radius 2 is 2.14 bits per heavy atom. The molecule has 0 atom stereocenters. The molecule has 1 aromatic carbocycles. The number of carboxylic acids is 1. The SMILES string of the molecule is CC1(C)CCc2sc(-c3cccc(CO)c3)c(C(=O)O)c2C1. The number of aliphatic hydroxyl groups excluding tert-OH is 1. The van der Waals surface area contributed by atoms with E-state index in [1.165, 1.54) is 4.88 Å². The van der Waals surface area contributed by atoms with Crippen LogP contribution < -0.4 is 0 Å². The van der Waals surface area contributed by atoms with E-state index >= 15 is 0 Å². The summed E-state index contributed by atoms with van der Waals surface area (Å²) in [5.41, 5.74) is 3.32. The van der Waals surface area contributed by atoms with E-state index in [0.717, 1.165) is 40.8 Å². The zero-order chi connectivity index (χ0) is 15.9. The molecule has 0 spiro atoms. The highest BCUT2D eigenvalue weighted by atomic mass is 32.1. The van der Waals surface area contributed by atoms with Crippen molar-refractivity contribution in [1.29, 1.82) is 0 Å². The number of thiophene rings is 1. The van der Waals surface area contributed by atoms with Gasteiger partial charge in [-0.3, -0.25) is 0 Å². The van der Waals surface area contributed by atoms with Crippen LogP contribution in [0.3, 0.4) is 0 Å². The first kappa shape index (κ1) is 15.3. The number of aromatic carboxylic acids is 1. The highest BCUT2D eigenvalue weighted by Gasteiger charge is 2.32. The highest BCUT2D eigenvalue weighted by Crippen LogP contribution is 2.45. The second-order valence-corrected chi connectivity index (χ2v) is 7.82. The molecule has 0 fully saturated rings. The number of hydrogen-bond donors (Lipinski definition) is 2. The second-order valence-electron chi connectivity index (χ2n) is 6.71. The van der Waals surface area contributed by atoms with Gasteiger partial charge in [0, 0.05) is 9.75 Å². The summed E-state index contributed by atoms with van der Waals surface area (Å²) in [4.78, 5) is 13.9. The van der Waals surface area contributed by atoms with Gasteiger partial charge in [0.1, 0.15) is 0 Å². The van der Waals surface area contributed by atoms with Crippen LogP contribution in [0.15, 0.2) is 24.3 Å². The molecule has 2 N–H and O–H groups in total. The van der Waals surface area contributed by atoms with Crippen molar-refractivity contribution in [2.75, 3.05) is 0 Å². The van der Waals surface area contributed by atoms with Gasteiger partial charge in [-0.15, -0.1) is 11.3 Å². The van der Waals surface area contributed by atoms with Gasteiger partial charge in [0.25, 0.3) is 0 Å². The Labute approximate surface area is 134 Å². The second kappa shape index (κ2) is 5.52. The molecule has 0 saturated heterocycles. The molecule has 0 aliphatic heterocycles. The van der Waals surface area contributed by atoms with E-state index in [9.17, 15) is 15.0 Å². The van der Waals surface area contributed by atoms with Gasteiger partial charge in [-0.1, -0.05) is 32.0 Å². The van der Waals surface area contributed by atoms with Crippen LogP contribution in [-0.2, 0) is 19.4 Å². The number of carbonyl (C=O) groups is 1. The van der Waals surface area contributed by atoms with E-state index in [4.69, 9.17) is 0 Å². The molecule has 1 aromatic heterocycles. The van der Waals surface area contributed by atoms with Gasteiger partial charge < -0.3 is 10.2 Å². The zero-order valence-corrected chi connectivity index (χ0v) is 13.7. The highest BCUT2D eigenvalue weighted by molar-refractivity contribution is 7.16. The van der Waals surface area contributed by atoms with Gasteiger partial charge in [0.15, 0.2) is 0 Å². The normalized spacial score (nSPS) is 16.3. The topological polar surface area (TPSA) is 57.5 Å². The number of benzene rings is 1. The molecule has 22 heavy (non-hydrogen) atoms. The van der Waals surface area contributed by atoms with Gasteiger partial charge in [-0.25, -0.2) is 4.79 Å². The van der Waals surface area contributed by atoms with Gasteiger partial charge >= 0.3 is 5.97 Å². The standard InChI is InChI=1S/C18H20O3S/c1-18(2)7-6-14-13(9-18)15(17(20)21)16(22-14)12-5-3-4-11(8-12)10-19/h3-5,8,19H,6-7,9-10H2,1-2H3,(H,20,21). The van der Waals surface area contributed by atoms with Crippen molar-refractivity contribution < 1.29 is 15.0 Å². The number of rotatable bonds is 3. The van der Waals surface area contributed by atoms with E-state index in [1.807, 2.05) is 24.3 Å². The third-order valence-electron chi connectivity index (χ3n) is 4.36. The quantitative estimate of drug-likeness (QED) is 0.895. The van der Waals surface area contributed by atoms with Gasteiger partial charge in [-0.2, -0.15) is 0 Å². The molecule has 0 saturated carbocycles. The third kappa shape index (κ3) is 2.69. The summed E-state index contributed by atoms with van der Waals surface area (Å²) >= 11 is 1.60. The molecule has 116 valence electrons. The molecular weight excluding hydrogens is 296 g/mol. The van der Waals surface area contributed by atoms with Crippen molar-refractivity contribution in [3.8, 4) is 10.4 Å². The zero-order valence-electron chi connectivity index (χ0n) is 12.8. The maximum absolute atomic E-state index is 11.9. The summed E-state index contributed by atoms with van der Waals surface area (Å²) in [7, 11) is 0. The summed E-state index contributed by atoms with van der Waals surface area (Å²) in [5, 5.41) is 19.0. The van der Waals surface area contributed by atoms with Crippen molar-refractivity contribution in [1.82, 2.24) is 0 Å². The maximum Gasteiger partial charge on any atom is 0.337 e. The van der Waals surface area contributed by atoms with E-state index in [1.54, 1.807) is 11.3 Å². The van der Waals surface area contributed by atoms with Crippen molar-refractivity contribution in [2.45, 2.75) is 39.7 Å². The Balaban J connectivity index is 2.16. The van der Waals surface area contributed by atoms with E-state index in [0.29, 0.717) is 5.56 Å². The van der Waals surface area contributed by atoms with E-state index in [-0.39, 0.29) is 12.0 Å². The lowest BCUT2D eigenvalue weighted by molar-refractivity contribution is 0.0696. The van der Waals surface area contributed by atoms with Crippen LogP contribution >= 0.6 is 11.3 Å². The van der Waals surface area contributed by atoms with E-state index in [2.05, 4.69) is 13.8 Å². The molecule has 0 bridgehead atoms. The Hall–Kier alpha value is -1.65. The van der Waals surface area contributed by atoms with Gasteiger partial charge in [0.2, 0.25) is 0 Å². The van der Waals surface area contributed by atoms with Crippen LogP contribution in [0.25, 0.3) is 10.4 Å². The fourth-order valence-electron chi connectivity index (χ4n) is 3.16. The van der Waals surface area contributed by atoms with Crippen LogP contribution in [0.2, 0.25) is 0 Å². The summed E-state index contributed by atoms with van der Waals surface area (Å²) in [6, 6.07) is 7.53. The monoisotopic (exact) mass is 316 g/mol. The molecule has 3 nitrogen and oxygen atoms in total. The maximum atomic E-state index is 11.9. The summed E-state index contributed by atoms with van der Waals surface area (Å²) in [6.45, 7) is 4.37. The first-order valence-electron chi connectivity index (χ1n) is 7.49. The number of fused-ring (bicyclic) bond motifs is 1. The van der Waals surface area contributed by atoms with Crippen molar-refractivity contribution >= 4 is 17.3 Å². The predicted octanol–water partition coefficient (Wildman–Crippen LogP) is 4.12. The number of aryl methyl sites for hydroxylation is 1. The van der Waals surface area contributed by atoms with Crippen molar-refractivity contribution in [3.05, 3.63) is 45.8 Å². The lowest BCUT2D eigenvalue weighted by Crippen LogP contribution is -2.22. The minimum atomic E-state index is -0.848. The molecule has 0 radical (unpaired) electrons. The Morgan fingerprint density at radius 3 is 2.82 bits per heavy atom. The van der Waals surface area contributed by atoms with Crippen LogP contribution in [0, 0.1) is 5.41 Å². The van der Waals surface area contributed by atoms with Gasteiger partial charge in [-0.05, 0) is 47.4 Å². The molecule has 0 unspecified atom stereocenters. The number of carboxylic acid groups (broad SMARTS) is 1. The van der Waals surface area contributed by atoms with Crippen LogP contribution in [-0.4, -0.2) is 16.2 Å². The fraction of sp³-hybridized carbons (Fsp3) is 0.389.